The van der Waals surface area contributed by atoms with Crippen LogP contribution in [0.1, 0.15) is 10.6 Å². The average Bonchev–Trinajstić information content (AvgIpc) is 3.08. The van der Waals surface area contributed by atoms with Crippen molar-refractivity contribution in [2.75, 3.05) is 0 Å². The summed E-state index contributed by atoms with van der Waals surface area (Å²) in [7, 11) is 0. The van der Waals surface area contributed by atoms with Crippen molar-refractivity contribution in [2.45, 2.75) is 13.5 Å². The fourth-order valence-electron chi connectivity index (χ4n) is 1.76. The molecule has 0 radical (unpaired) electrons. The lowest BCUT2D eigenvalue weighted by atomic mass is 10.1. The van der Waals surface area contributed by atoms with E-state index in [-0.39, 0.29) is 0 Å². The number of hydrogen-bond acceptors (Lipinski definition) is 6. The highest BCUT2D eigenvalue weighted by Gasteiger charge is 2.14. The second-order valence-corrected chi connectivity index (χ2v) is 5.01. The maximum Gasteiger partial charge on any atom is 0.277 e. The SMILES string of the molecule is Cc1ccccc1-c1noc(-c2csc(CN)n2)n1. The third-order valence-electron chi connectivity index (χ3n) is 2.76. The van der Waals surface area contributed by atoms with E-state index >= 15 is 0 Å². The summed E-state index contributed by atoms with van der Waals surface area (Å²) in [5, 5.41) is 6.73. The lowest BCUT2D eigenvalue weighted by Gasteiger charge is -1.97. The molecule has 96 valence electrons. The second kappa shape index (κ2) is 4.91. The van der Waals surface area contributed by atoms with E-state index in [2.05, 4.69) is 15.1 Å². The molecule has 5 nitrogen and oxygen atoms in total. The lowest BCUT2D eigenvalue weighted by molar-refractivity contribution is 0.431. The van der Waals surface area contributed by atoms with Gasteiger partial charge < -0.3 is 10.3 Å². The summed E-state index contributed by atoms with van der Waals surface area (Å²) >= 11 is 1.49. The lowest BCUT2D eigenvalue weighted by Crippen LogP contribution is -1.94. The van der Waals surface area contributed by atoms with Crippen LogP contribution in [0, 0.1) is 6.92 Å². The zero-order valence-corrected chi connectivity index (χ0v) is 11.1. The van der Waals surface area contributed by atoms with Crippen LogP contribution in [0.15, 0.2) is 34.2 Å². The second-order valence-electron chi connectivity index (χ2n) is 4.07. The molecule has 0 bridgehead atoms. The minimum Gasteiger partial charge on any atom is -0.332 e. The smallest absolute Gasteiger partial charge is 0.277 e. The van der Waals surface area contributed by atoms with E-state index in [4.69, 9.17) is 10.3 Å². The zero-order valence-electron chi connectivity index (χ0n) is 10.3. The van der Waals surface area contributed by atoms with Crippen molar-refractivity contribution in [2.24, 2.45) is 5.73 Å². The van der Waals surface area contributed by atoms with Crippen molar-refractivity contribution in [1.82, 2.24) is 15.1 Å². The Bertz CT molecular complexity index is 704. The Morgan fingerprint density at radius 1 is 1.26 bits per heavy atom. The summed E-state index contributed by atoms with van der Waals surface area (Å²) < 4.78 is 5.26. The molecule has 0 amide bonds. The van der Waals surface area contributed by atoms with Gasteiger partial charge >= 0.3 is 0 Å². The molecule has 3 rings (SSSR count). The Labute approximate surface area is 114 Å². The summed E-state index contributed by atoms with van der Waals surface area (Å²) in [6.45, 7) is 2.43. The molecule has 1 aromatic carbocycles. The molecule has 2 N–H and O–H groups in total. The Balaban J connectivity index is 1.97. The molecule has 0 aliphatic rings. The molecule has 2 aromatic heterocycles. The van der Waals surface area contributed by atoms with Gasteiger partial charge in [0.2, 0.25) is 5.82 Å². The van der Waals surface area contributed by atoms with Gasteiger partial charge in [0.15, 0.2) is 0 Å². The van der Waals surface area contributed by atoms with E-state index in [0.717, 1.165) is 16.1 Å². The predicted molar refractivity (Wildman–Crippen MR) is 73.5 cm³/mol. The van der Waals surface area contributed by atoms with E-state index in [1.807, 2.05) is 36.6 Å². The van der Waals surface area contributed by atoms with Crippen molar-refractivity contribution >= 4 is 11.3 Å². The van der Waals surface area contributed by atoms with Crippen LogP contribution in [0.4, 0.5) is 0 Å². The number of thiazole rings is 1. The van der Waals surface area contributed by atoms with Crippen LogP contribution in [-0.4, -0.2) is 15.1 Å². The van der Waals surface area contributed by atoms with Crippen molar-refractivity contribution in [3.05, 3.63) is 40.2 Å². The summed E-state index contributed by atoms with van der Waals surface area (Å²) in [6.07, 6.45) is 0. The Kier molecular flexibility index (Phi) is 3.10. The van der Waals surface area contributed by atoms with Crippen LogP contribution in [0.25, 0.3) is 23.0 Å². The van der Waals surface area contributed by atoms with Crippen molar-refractivity contribution in [3.8, 4) is 23.0 Å². The molecule has 0 saturated heterocycles. The predicted octanol–water partition coefficient (Wildman–Crippen LogP) is 2.63. The third kappa shape index (κ3) is 2.27. The normalized spacial score (nSPS) is 10.8. The van der Waals surface area contributed by atoms with Crippen molar-refractivity contribution in [1.29, 1.82) is 0 Å². The topological polar surface area (TPSA) is 77.8 Å². The number of nitrogens with two attached hydrogens (primary N) is 1. The van der Waals surface area contributed by atoms with Crippen LogP contribution in [0.2, 0.25) is 0 Å². The number of benzene rings is 1. The van der Waals surface area contributed by atoms with E-state index in [0.29, 0.717) is 24.0 Å². The quantitative estimate of drug-likeness (QED) is 0.793. The Morgan fingerprint density at radius 2 is 2.11 bits per heavy atom. The molecular weight excluding hydrogens is 260 g/mol. The maximum atomic E-state index is 5.54. The zero-order chi connectivity index (χ0) is 13.2. The molecule has 0 spiro atoms. The molecule has 0 atom stereocenters. The number of hydrogen-bond donors (Lipinski definition) is 1. The highest BCUT2D eigenvalue weighted by molar-refractivity contribution is 7.09. The van der Waals surface area contributed by atoms with Crippen molar-refractivity contribution in [3.63, 3.8) is 0 Å². The molecule has 0 unspecified atom stereocenters. The van der Waals surface area contributed by atoms with E-state index in [9.17, 15) is 0 Å². The first-order chi connectivity index (χ1) is 9.28. The molecule has 6 heteroatoms. The number of rotatable bonds is 3. The highest BCUT2D eigenvalue weighted by Crippen LogP contribution is 2.25. The van der Waals surface area contributed by atoms with Gasteiger partial charge in [-0.25, -0.2) is 4.98 Å². The standard InChI is InChI=1S/C13H12N4OS/c1-8-4-2-3-5-9(8)12-16-13(18-17-12)10-7-19-11(6-14)15-10/h2-5,7H,6,14H2,1H3. The molecule has 0 fully saturated rings. The molecular formula is C13H12N4OS. The van der Waals surface area contributed by atoms with Crippen LogP contribution < -0.4 is 5.73 Å². The summed E-state index contributed by atoms with van der Waals surface area (Å²) in [4.78, 5) is 8.71. The first kappa shape index (κ1) is 12.0. The van der Waals surface area contributed by atoms with Crippen LogP contribution in [0.3, 0.4) is 0 Å². The van der Waals surface area contributed by atoms with E-state index in [1.54, 1.807) is 0 Å². The number of nitrogens with zero attached hydrogens (tertiary/aromatic N) is 3. The maximum absolute atomic E-state index is 5.54. The van der Waals surface area contributed by atoms with E-state index in [1.165, 1.54) is 11.3 Å². The van der Waals surface area contributed by atoms with Crippen molar-refractivity contribution < 1.29 is 4.52 Å². The van der Waals surface area contributed by atoms with Gasteiger partial charge in [0.05, 0.1) is 0 Å². The first-order valence-corrected chi connectivity index (χ1v) is 6.70. The fourth-order valence-corrected chi connectivity index (χ4v) is 2.41. The Hall–Kier alpha value is -2.05. The van der Waals surface area contributed by atoms with E-state index < -0.39 is 0 Å². The Morgan fingerprint density at radius 3 is 2.84 bits per heavy atom. The molecule has 0 aliphatic carbocycles. The summed E-state index contributed by atoms with van der Waals surface area (Å²) in [5.74, 6) is 1.00. The molecule has 0 aliphatic heterocycles. The van der Waals surface area contributed by atoms with Gasteiger partial charge in [0, 0.05) is 17.5 Å². The van der Waals surface area contributed by atoms with Gasteiger partial charge in [-0.05, 0) is 12.5 Å². The van der Waals surface area contributed by atoms with Crippen LogP contribution in [0.5, 0.6) is 0 Å². The first-order valence-electron chi connectivity index (χ1n) is 5.82. The number of aromatic nitrogens is 3. The largest absolute Gasteiger partial charge is 0.332 e. The minimum atomic E-state index is 0.420. The summed E-state index contributed by atoms with van der Waals surface area (Å²) in [5.41, 5.74) is 8.29. The summed E-state index contributed by atoms with van der Waals surface area (Å²) in [6, 6.07) is 7.92. The van der Waals surface area contributed by atoms with Gasteiger partial charge in [0.25, 0.3) is 5.89 Å². The highest BCUT2D eigenvalue weighted by atomic mass is 32.1. The van der Waals surface area contributed by atoms with Gasteiger partial charge in [-0.3, -0.25) is 0 Å². The molecule has 2 heterocycles. The monoisotopic (exact) mass is 272 g/mol. The number of aryl methyl sites for hydroxylation is 1. The van der Waals surface area contributed by atoms with Gasteiger partial charge in [-0.1, -0.05) is 29.4 Å². The fraction of sp³-hybridized carbons (Fsp3) is 0.154. The van der Waals surface area contributed by atoms with Gasteiger partial charge in [-0.2, -0.15) is 4.98 Å². The van der Waals surface area contributed by atoms with Gasteiger partial charge in [0.1, 0.15) is 10.7 Å². The van der Waals surface area contributed by atoms with Crippen LogP contribution in [-0.2, 0) is 6.54 Å². The third-order valence-corrected chi connectivity index (χ3v) is 3.63. The molecule has 0 saturated carbocycles. The average molecular weight is 272 g/mol. The van der Waals surface area contributed by atoms with Crippen LogP contribution >= 0.6 is 11.3 Å². The molecule has 3 aromatic rings. The molecule has 19 heavy (non-hydrogen) atoms. The minimum absolute atomic E-state index is 0.420. The van der Waals surface area contributed by atoms with Gasteiger partial charge in [-0.15, -0.1) is 11.3 Å².